The van der Waals surface area contributed by atoms with E-state index in [1.165, 1.54) is 5.56 Å². The molecule has 0 radical (unpaired) electrons. The van der Waals surface area contributed by atoms with E-state index in [2.05, 4.69) is 10.3 Å². The molecule has 0 aliphatic carbocycles. The van der Waals surface area contributed by atoms with Crippen LogP contribution in [0.15, 0.2) is 53.7 Å². The Bertz CT molecular complexity index is 1290. The van der Waals surface area contributed by atoms with E-state index >= 15 is 0 Å². The smallest absolute Gasteiger partial charge is 0.225 e. The zero-order valence-electron chi connectivity index (χ0n) is 17.2. The number of carbonyl (C=O) groups is 1. The number of nitrogens with zero attached hydrogens (tertiary/aromatic N) is 2. The molecule has 1 aromatic heterocycles. The van der Waals surface area contributed by atoms with Gasteiger partial charge in [-0.25, -0.2) is 4.98 Å². The maximum absolute atomic E-state index is 11.7. The summed E-state index contributed by atoms with van der Waals surface area (Å²) in [7, 11) is 0. The number of pyridine rings is 1. The third kappa shape index (κ3) is 3.50. The molecular formula is C25H20ClN3O3. The van der Waals surface area contributed by atoms with E-state index in [9.17, 15) is 4.79 Å². The molecule has 0 spiro atoms. The van der Waals surface area contributed by atoms with Crippen LogP contribution < -0.4 is 14.8 Å². The second-order valence-electron chi connectivity index (χ2n) is 8.32. The molecule has 6 nitrogen and oxygen atoms in total. The van der Waals surface area contributed by atoms with Crippen LogP contribution >= 0.6 is 11.6 Å². The molecule has 160 valence electrons. The maximum Gasteiger partial charge on any atom is 0.225 e. The van der Waals surface area contributed by atoms with Crippen LogP contribution in [-0.4, -0.2) is 23.2 Å². The Balaban J connectivity index is 1.23. The van der Waals surface area contributed by atoms with Crippen LogP contribution in [0.1, 0.15) is 23.1 Å². The van der Waals surface area contributed by atoms with E-state index in [1.54, 1.807) is 6.20 Å². The molecule has 1 N–H and O–H groups in total. The highest BCUT2D eigenvalue weighted by molar-refractivity contribution is 6.30. The second-order valence-corrected chi connectivity index (χ2v) is 8.76. The van der Waals surface area contributed by atoms with Crippen molar-refractivity contribution in [2.24, 2.45) is 10.9 Å². The number of carbonyl (C=O) groups excluding carboxylic acids is 1. The molecule has 3 aliphatic heterocycles. The van der Waals surface area contributed by atoms with Crippen molar-refractivity contribution in [2.45, 2.75) is 25.7 Å². The predicted molar refractivity (Wildman–Crippen MR) is 123 cm³/mol. The normalized spacial score (nSPS) is 18.6. The molecule has 1 unspecified atom stereocenters. The Morgan fingerprint density at radius 3 is 2.97 bits per heavy atom. The van der Waals surface area contributed by atoms with E-state index in [-0.39, 0.29) is 11.8 Å². The van der Waals surface area contributed by atoms with E-state index in [4.69, 9.17) is 26.1 Å². The van der Waals surface area contributed by atoms with Crippen molar-refractivity contribution in [1.82, 2.24) is 4.98 Å². The van der Waals surface area contributed by atoms with E-state index in [0.29, 0.717) is 25.3 Å². The van der Waals surface area contributed by atoms with Gasteiger partial charge in [-0.05, 0) is 66.4 Å². The van der Waals surface area contributed by atoms with Gasteiger partial charge < -0.3 is 14.8 Å². The van der Waals surface area contributed by atoms with Gasteiger partial charge in [0, 0.05) is 41.3 Å². The fourth-order valence-corrected chi connectivity index (χ4v) is 4.75. The number of anilines is 1. The van der Waals surface area contributed by atoms with Gasteiger partial charge in [-0.15, -0.1) is 0 Å². The average molecular weight is 446 g/mol. The largest absolute Gasteiger partial charge is 0.493 e. The number of aromatic nitrogens is 1. The molecule has 1 amide bonds. The fourth-order valence-electron chi connectivity index (χ4n) is 4.56. The molecule has 1 atom stereocenters. The summed E-state index contributed by atoms with van der Waals surface area (Å²) in [6.07, 6.45) is 4.36. The predicted octanol–water partition coefficient (Wildman–Crippen LogP) is 5.29. The minimum absolute atomic E-state index is 0.0154. The quantitative estimate of drug-likeness (QED) is 0.594. The SMILES string of the molecule is O=C1CCc2c(Oc3ccc4c(c3)CC(C3=Nc5ccc(Cl)cc5C3)CO4)ccnc2N1. The lowest BCUT2D eigenvalue weighted by molar-refractivity contribution is -0.116. The summed E-state index contributed by atoms with van der Waals surface area (Å²) in [5, 5.41) is 3.55. The molecule has 0 saturated heterocycles. The first-order chi connectivity index (χ1) is 15.6. The first-order valence-electron chi connectivity index (χ1n) is 10.7. The van der Waals surface area contributed by atoms with Gasteiger partial charge in [0.25, 0.3) is 0 Å². The van der Waals surface area contributed by atoms with Gasteiger partial charge in [0.1, 0.15) is 23.1 Å². The third-order valence-corrected chi connectivity index (χ3v) is 6.42. The van der Waals surface area contributed by atoms with Gasteiger partial charge in [-0.2, -0.15) is 0 Å². The first-order valence-corrected chi connectivity index (χ1v) is 11.1. The molecule has 4 heterocycles. The third-order valence-electron chi connectivity index (χ3n) is 6.19. The summed E-state index contributed by atoms with van der Waals surface area (Å²) in [6, 6.07) is 13.6. The Labute approximate surface area is 190 Å². The highest BCUT2D eigenvalue weighted by Gasteiger charge is 2.28. The fraction of sp³-hybridized carbons (Fsp3) is 0.240. The van der Waals surface area contributed by atoms with Gasteiger partial charge >= 0.3 is 0 Å². The van der Waals surface area contributed by atoms with Crippen molar-refractivity contribution in [2.75, 3.05) is 11.9 Å². The van der Waals surface area contributed by atoms with Crippen LogP contribution in [0.2, 0.25) is 5.02 Å². The van der Waals surface area contributed by atoms with Gasteiger partial charge in [-0.1, -0.05) is 11.6 Å². The Kier molecular flexibility index (Phi) is 4.61. The molecule has 0 fully saturated rings. The molecule has 0 bridgehead atoms. The summed E-state index contributed by atoms with van der Waals surface area (Å²) in [5.41, 5.74) is 5.34. The highest BCUT2D eigenvalue weighted by Crippen LogP contribution is 2.38. The van der Waals surface area contributed by atoms with Gasteiger partial charge in [0.15, 0.2) is 0 Å². The minimum atomic E-state index is -0.0154. The van der Waals surface area contributed by atoms with Gasteiger partial charge in [-0.3, -0.25) is 9.79 Å². The molecule has 3 aliphatic rings. The van der Waals surface area contributed by atoms with E-state index in [0.717, 1.165) is 57.6 Å². The van der Waals surface area contributed by atoms with E-state index < -0.39 is 0 Å². The number of fused-ring (bicyclic) bond motifs is 3. The number of hydrogen-bond donors (Lipinski definition) is 1. The molecule has 2 aromatic carbocycles. The molecule has 0 saturated carbocycles. The summed E-state index contributed by atoms with van der Waals surface area (Å²) >= 11 is 6.15. The second kappa shape index (κ2) is 7.64. The van der Waals surface area contributed by atoms with Gasteiger partial charge in [0.2, 0.25) is 5.91 Å². The maximum atomic E-state index is 11.7. The summed E-state index contributed by atoms with van der Waals surface area (Å²) in [5.74, 6) is 3.12. The highest BCUT2D eigenvalue weighted by atomic mass is 35.5. The van der Waals surface area contributed by atoms with Crippen molar-refractivity contribution in [3.05, 3.63) is 70.4 Å². The van der Waals surface area contributed by atoms with Crippen LogP contribution in [0.4, 0.5) is 11.5 Å². The lowest BCUT2D eigenvalue weighted by atomic mass is 9.90. The van der Waals surface area contributed by atoms with Crippen LogP contribution in [0.25, 0.3) is 0 Å². The van der Waals surface area contributed by atoms with Crippen molar-refractivity contribution in [3.63, 3.8) is 0 Å². The Hall–Kier alpha value is -3.38. The number of aliphatic imine (C=N–C) groups is 1. The standard InChI is InChI=1S/C25H20ClN3O3/c26-17-1-4-20-14(10-17)12-21(28-20)16-9-15-11-18(2-5-22(15)31-13-16)32-23-7-8-27-25-19(23)3-6-24(30)29-25/h1-2,4-5,7-8,10-11,16H,3,6,9,12-13H2,(H,27,29,30). The first kappa shape index (κ1) is 19.3. The van der Waals surface area contributed by atoms with Crippen LogP contribution in [0, 0.1) is 5.92 Å². The van der Waals surface area contributed by atoms with Crippen molar-refractivity contribution in [3.8, 4) is 17.2 Å². The number of nitrogens with one attached hydrogen (secondary N) is 1. The van der Waals surface area contributed by atoms with Crippen molar-refractivity contribution in [1.29, 1.82) is 0 Å². The number of hydrogen-bond acceptors (Lipinski definition) is 5. The Morgan fingerprint density at radius 1 is 1.09 bits per heavy atom. The van der Waals surface area contributed by atoms with Crippen molar-refractivity contribution >= 4 is 34.7 Å². The zero-order valence-corrected chi connectivity index (χ0v) is 18.0. The van der Waals surface area contributed by atoms with Crippen LogP contribution in [-0.2, 0) is 24.1 Å². The van der Waals surface area contributed by atoms with Crippen LogP contribution in [0.5, 0.6) is 17.2 Å². The molecule has 3 aromatic rings. The van der Waals surface area contributed by atoms with Crippen molar-refractivity contribution < 1.29 is 14.3 Å². The van der Waals surface area contributed by atoms with Crippen LogP contribution in [0.3, 0.4) is 0 Å². The average Bonchev–Trinajstić information content (AvgIpc) is 3.22. The minimum Gasteiger partial charge on any atom is -0.493 e. The lowest BCUT2D eigenvalue weighted by Crippen LogP contribution is -2.28. The summed E-state index contributed by atoms with van der Waals surface area (Å²) in [4.78, 5) is 20.8. The lowest BCUT2D eigenvalue weighted by Gasteiger charge is -2.26. The zero-order chi connectivity index (χ0) is 21.7. The summed E-state index contributed by atoms with van der Waals surface area (Å²) in [6.45, 7) is 0.616. The Morgan fingerprint density at radius 2 is 2.03 bits per heavy atom. The monoisotopic (exact) mass is 445 g/mol. The number of ether oxygens (including phenoxy) is 2. The molecule has 7 heteroatoms. The summed E-state index contributed by atoms with van der Waals surface area (Å²) < 4.78 is 12.3. The number of rotatable bonds is 3. The van der Waals surface area contributed by atoms with E-state index in [1.807, 2.05) is 42.5 Å². The topological polar surface area (TPSA) is 72.8 Å². The number of amides is 1. The number of benzene rings is 2. The number of halogens is 1. The molecular weight excluding hydrogens is 426 g/mol. The molecule has 6 rings (SSSR count). The van der Waals surface area contributed by atoms with Gasteiger partial charge in [0.05, 0.1) is 12.3 Å². The molecule has 32 heavy (non-hydrogen) atoms.